The molecule has 7 heteroatoms. The summed E-state index contributed by atoms with van der Waals surface area (Å²) in [4.78, 5) is 20.0. The predicted molar refractivity (Wildman–Crippen MR) is 68.8 cm³/mol. The van der Waals surface area contributed by atoms with Crippen molar-refractivity contribution in [2.75, 3.05) is 11.8 Å². The first-order chi connectivity index (χ1) is 6.84. The van der Waals surface area contributed by atoms with E-state index in [4.69, 9.17) is 34.0 Å². The Labute approximate surface area is 112 Å². The molecule has 4 nitrogen and oxygen atoms in total. The number of hydrogen-bond donors (Lipinski definition) is 2. The Balaban J connectivity index is -0.000000214. The van der Waals surface area contributed by atoms with E-state index in [1.807, 2.05) is 13.8 Å². The maximum atomic E-state index is 10.1. The van der Waals surface area contributed by atoms with Crippen molar-refractivity contribution in [1.29, 1.82) is 0 Å². The molecule has 0 aliphatic carbocycles. The summed E-state index contributed by atoms with van der Waals surface area (Å²) in [6.07, 6.45) is 0.551. The molecule has 0 bridgehead atoms. The Bertz CT molecular complexity index is 194. The Morgan fingerprint density at radius 2 is 1.62 bits per heavy atom. The van der Waals surface area contributed by atoms with E-state index in [-0.39, 0.29) is 30.0 Å². The van der Waals surface area contributed by atoms with Gasteiger partial charge in [-0.15, -0.1) is 35.6 Å². The number of carboxylic acid groups (broad SMARTS) is 1. The number of carbonyl (C=O) groups is 2. The van der Waals surface area contributed by atoms with Crippen LogP contribution in [0.5, 0.6) is 0 Å². The zero-order valence-electron chi connectivity index (χ0n) is 9.28. The molecule has 0 aromatic heterocycles. The molecular formula is C9H18Cl3NO3. The molecule has 16 heavy (non-hydrogen) atoms. The summed E-state index contributed by atoms with van der Waals surface area (Å²) in [5.41, 5.74) is 5.22. The minimum atomic E-state index is -0.913. The SMILES string of the molecule is CC(C)CC(N)C(=O)O.Cl.O=C(CCl)CCl. The zero-order chi connectivity index (χ0) is 12.4. The molecule has 0 heterocycles. The van der Waals surface area contributed by atoms with Crippen molar-refractivity contribution < 1.29 is 14.7 Å². The van der Waals surface area contributed by atoms with E-state index in [9.17, 15) is 9.59 Å². The van der Waals surface area contributed by atoms with Crippen molar-refractivity contribution in [3.63, 3.8) is 0 Å². The van der Waals surface area contributed by atoms with Crippen LogP contribution in [0, 0.1) is 5.92 Å². The molecule has 0 saturated carbocycles. The molecule has 0 aromatic carbocycles. The molecule has 0 rings (SSSR count). The summed E-state index contributed by atoms with van der Waals surface area (Å²) in [6, 6.07) is -0.690. The largest absolute Gasteiger partial charge is 0.480 e. The fourth-order valence-corrected chi connectivity index (χ4v) is 0.930. The third-order valence-electron chi connectivity index (χ3n) is 1.34. The first-order valence-corrected chi connectivity index (χ1v) is 5.54. The number of hydrogen-bond acceptors (Lipinski definition) is 3. The van der Waals surface area contributed by atoms with Gasteiger partial charge in [-0.05, 0) is 12.3 Å². The van der Waals surface area contributed by atoms with Crippen molar-refractivity contribution in [2.45, 2.75) is 26.3 Å². The highest BCUT2D eigenvalue weighted by Crippen LogP contribution is 2.01. The van der Waals surface area contributed by atoms with Crippen molar-refractivity contribution in [2.24, 2.45) is 11.7 Å². The number of Topliss-reactive ketones (excluding diaryl/α,β-unsaturated/α-hetero) is 1. The summed E-state index contributed by atoms with van der Waals surface area (Å²) >= 11 is 10.0. The zero-order valence-corrected chi connectivity index (χ0v) is 11.6. The standard InChI is InChI=1S/C6H13NO2.C3H4Cl2O.ClH/c1-4(2)3-5(7)6(8)9;4-1-3(6)2-5;/h4-5H,3,7H2,1-2H3,(H,8,9);1-2H2;1H. The van der Waals surface area contributed by atoms with E-state index >= 15 is 0 Å². The number of carboxylic acids is 1. The van der Waals surface area contributed by atoms with Gasteiger partial charge in [-0.3, -0.25) is 9.59 Å². The van der Waals surface area contributed by atoms with Crippen LogP contribution in [0.25, 0.3) is 0 Å². The number of halogens is 3. The lowest BCUT2D eigenvalue weighted by Gasteiger charge is -2.07. The van der Waals surface area contributed by atoms with Gasteiger partial charge in [0.2, 0.25) is 0 Å². The lowest BCUT2D eigenvalue weighted by Crippen LogP contribution is -2.31. The second-order valence-corrected chi connectivity index (χ2v) is 3.91. The van der Waals surface area contributed by atoms with Gasteiger partial charge >= 0.3 is 5.97 Å². The molecule has 0 aromatic rings. The molecule has 0 radical (unpaired) electrons. The Hall–Kier alpha value is -0.0300. The topological polar surface area (TPSA) is 80.4 Å². The number of alkyl halides is 2. The monoisotopic (exact) mass is 293 g/mol. The van der Waals surface area contributed by atoms with E-state index < -0.39 is 12.0 Å². The number of rotatable bonds is 5. The molecule has 0 aliphatic heterocycles. The molecule has 0 amide bonds. The maximum absolute atomic E-state index is 10.1. The molecular weight excluding hydrogens is 276 g/mol. The number of carbonyl (C=O) groups excluding carboxylic acids is 1. The average Bonchev–Trinajstić information content (AvgIpc) is 2.16. The second-order valence-electron chi connectivity index (χ2n) is 3.38. The summed E-state index contributed by atoms with van der Waals surface area (Å²) in [5, 5.41) is 8.31. The molecule has 1 atom stereocenters. The van der Waals surface area contributed by atoms with Crippen LogP contribution in [0.4, 0.5) is 0 Å². The van der Waals surface area contributed by atoms with Crippen molar-refractivity contribution in [1.82, 2.24) is 0 Å². The number of nitrogens with two attached hydrogens (primary N) is 1. The van der Waals surface area contributed by atoms with Crippen LogP contribution in [0.2, 0.25) is 0 Å². The van der Waals surface area contributed by atoms with Crippen LogP contribution in [-0.2, 0) is 9.59 Å². The predicted octanol–water partition coefficient (Wildman–Crippen LogP) is 1.90. The van der Waals surface area contributed by atoms with Gasteiger partial charge in [0.1, 0.15) is 6.04 Å². The van der Waals surface area contributed by atoms with Gasteiger partial charge in [0.25, 0.3) is 0 Å². The van der Waals surface area contributed by atoms with Gasteiger partial charge in [-0.2, -0.15) is 0 Å². The molecule has 1 unspecified atom stereocenters. The van der Waals surface area contributed by atoms with Gasteiger partial charge in [-0.25, -0.2) is 0 Å². The Morgan fingerprint density at radius 1 is 1.25 bits per heavy atom. The van der Waals surface area contributed by atoms with Crippen molar-refractivity contribution in [3.8, 4) is 0 Å². The van der Waals surface area contributed by atoms with Crippen LogP contribution in [0.15, 0.2) is 0 Å². The lowest BCUT2D eigenvalue weighted by molar-refractivity contribution is -0.138. The fourth-order valence-electron chi connectivity index (χ4n) is 0.644. The Morgan fingerprint density at radius 3 is 1.69 bits per heavy atom. The van der Waals surface area contributed by atoms with Gasteiger partial charge in [0.05, 0.1) is 11.8 Å². The number of ketones is 1. The fraction of sp³-hybridized carbons (Fsp3) is 0.778. The third kappa shape index (κ3) is 16.4. The highest BCUT2D eigenvalue weighted by Gasteiger charge is 2.11. The molecule has 0 spiro atoms. The smallest absolute Gasteiger partial charge is 0.320 e. The molecule has 0 fully saturated rings. The highest BCUT2D eigenvalue weighted by molar-refractivity contribution is 6.35. The van der Waals surface area contributed by atoms with Crippen LogP contribution >= 0.6 is 35.6 Å². The first kappa shape index (κ1) is 21.3. The molecule has 98 valence electrons. The van der Waals surface area contributed by atoms with Gasteiger partial charge in [0.15, 0.2) is 5.78 Å². The van der Waals surface area contributed by atoms with Crippen molar-refractivity contribution in [3.05, 3.63) is 0 Å². The quantitative estimate of drug-likeness (QED) is 0.759. The van der Waals surface area contributed by atoms with Crippen LogP contribution in [-0.4, -0.2) is 34.7 Å². The van der Waals surface area contributed by atoms with E-state index in [2.05, 4.69) is 0 Å². The maximum Gasteiger partial charge on any atom is 0.320 e. The van der Waals surface area contributed by atoms with Gasteiger partial charge in [0, 0.05) is 0 Å². The van der Waals surface area contributed by atoms with Crippen molar-refractivity contribution >= 4 is 47.4 Å². The summed E-state index contributed by atoms with van der Waals surface area (Å²) in [7, 11) is 0. The lowest BCUT2D eigenvalue weighted by atomic mass is 10.1. The van der Waals surface area contributed by atoms with E-state index in [1.165, 1.54) is 0 Å². The number of aliphatic carboxylic acids is 1. The van der Waals surface area contributed by atoms with Gasteiger partial charge in [-0.1, -0.05) is 13.8 Å². The highest BCUT2D eigenvalue weighted by atomic mass is 35.5. The summed E-state index contributed by atoms with van der Waals surface area (Å²) in [6.45, 7) is 3.89. The van der Waals surface area contributed by atoms with Crippen LogP contribution < -0.4 is 5.73 Å². The molecule has 0 saturated heterocycles. The van der Waals surface area contributed by atoms with Crippen LogP contribution in [0.1, 0.15) is 20.3 Å². The molecule has 0 aliphatic rings. The minimum Gasteiger partial charge on any atom is -0.480 e. The third-order valence-corrected chi connectivity index (χ3v) is 1.94. The summed E-state index contributed by atoms with van der Waals surface area (Å²) < 4.78 is 0. The average molecular weight is 295 g/mol. The minimum absolute atomic E-state index is 0. The van der Waals surface area contributed by atoms with Gasteiger partial charge < -0.3 is 10.8 Å². The normalized spacial score (nSPS) is 10.9. The Kier molecular flexibility index (Phi) is 17.3. The molecule has 3 N–H and O–H groups in total. The van der Waals surface area contributed by atoms with E-state index in [0.717, 1.165) is 0 Å². The second kappa shape index (κ2) is 13.0. The van der Waals surface area contributed by atoms with E-state index in [0.29, 0.717) is 12.3 Å². The van der Waals surface area contributed by atoms with E-state index in [1.54, 1.807) is 0 Å². The summed E-state index contributed by atoms with van der Waals surface area (Å²) in [5.74, 6) is -0.620. The van der Waals surface area contributed by atoms with Crippen LogP contribution in [0.3, 0.4) is 0 Å². The first-order valence-electron chi connectivity index (χ1n) is 4.47.